The molecule has 0 bridgehead atoms. The van der Waals surface area contributed by atoms with Crippen molar-refractivity contribution in [1.29, 1.82) is 0 Å². The third kappa shape index (κ3) is 2.45. The van der Waals surface area contributed by atoms with Crippen LogP contribution in [0.25, 0.3) is 10.9 Å². The van der Waals surface area contributed by atoms with E-state index in [0.717, 1.165) is 16.5 Å². The van der Waals surface area contributed by atoms with E-state index in [-0.39, 0.29) is 5.75 Å². The molecule has 2 aromatic carbocycles. The largest absolute Gasteiger partial charge is 0.494 e. The molecule has 2 N–H and O–H groups in total. The zero-order valence-corrected chi connectivity index (χ0v) is 11.6. The summed E-state index contributed by atoms with van der Waals surface area (Å²) in [6.07, 6.45) is 1.73. The number of hydrogen-bond donors (Lipinski definition) is 1. The van der Waals surface area contributed by atoms with Crippen molar-refractivity contribution in [2.75, 3.05) is 7.11 Å². The summed E-state index contributed by atoms with van der Waals surface area (Å²) >= 11 is 0. The highest BCUT2D eigenvalue weighted by atomic mass is 19.1. The van der Waals surface area contributed by atoms with Gasteiger partial charge < -0.3 is 10.5 Å². The number of pyridine rings is 1. The van der Waals surface area contributed by atoms with Crippen molar-refractivity contribution in [3.63, 3.8) is 0 Å². The minimum Gasteiger partial charge on any atom is -0.494 e. The Labute approximate surface area is 122 Å². The number of benzene rings is 2. The molecule has 1 atom stereocenters. The molecule has 0 fully saturated rings. The third-order valence-electron chi connectivity index (χ3n) is 3.53. The van der Waals surface area contributed by atoms with E-state index in [1.165, 1.54) is 13.2 Å². The number of rotatable bonds is 3. The van der Waals surface area contributed by atoms with Gasteiger partial charge in [-0.15, -0.1) is 0 Å². The smallest absolute Gasteiger partial charge is 0.165 e. The van der Waals surface area contributed by atoms with Crippen molar-refractivity contribution in [3.05, 3.63) is 71.7 Å². The number of methoxy groups -OCH3 is 1. The molecule has 0 aliphatic heterocycles. The Morgan fingerprint density at radius 1 is 1.14 bits per heavy atom. The second-order valence-corrected chi connectivity index (χ2v) is 4.79. The van der Waals surface area contributed by atoms with E-state index >= 15 is 0 Å². The second-order valence-electron chi connectivity index (χ2n) is 4.79. The quantitative estimate of drug-likeness (QED) is 0.800. The van der Waals surface area contributed by atoms with Crippen molar-refractivity contribution in [2.45, 2.75) is 6.04 Å². The van der Waals surface area contributed by atoms with Crippen molar-refractivity contribution in [2.24, 2.45) is 5.73 Å². The number of fused-ring (bicyclic) bond motifs is 1. The fourth-order valence-corrected chi connectivity index (χ4v) is 2.43. The Morgan fingerprint density at radius 3 is 2.71 bits per heavy atom. The van der Waals surface area contributed by atoms with Gasteiger partial charge in [0.15, 0.2) is 11.6 Å². The summed E-state index contributed by atoms with van der Waals surface area (Å²) in [5, 5.41) is 1.01. The molecule has 0 spiro atoms. The molecule has 0 saturated carbocycles. The van der Waals surface area contributed by atoms with E-state index in [9.17, 15) is 4.39 Å². The number of hydrogen-bond acceptors (Lipinski definition) is 3. The predicted molar refractivity (Wildman–Crippen MR) is 80.7 cm³/mol. The van der Waals surface area contributed by atoms with Gasteiger partial charge in [0, 0.05) is 11.6 Å². The maximum absolute atomic E-state index is 13.8. The average Bonchev–Trinajstić information content (AvgIpc) is 2.53. The molecule has 0 saturated heterocycles. The van der Waals surface area contributed by atoms with E-state index in [2.05, 4.69) is 4.98 Å². The molecule has 0 amide bonds. The molecule has 21 heavy (non-hydrogen) atoms. The van der Waals surface area contributed by atoms with Crippen LogP contribution in [0.3, 0.4) is 0 Å². The van der Waals surface area contributed by atoms with Crippen LogP contribution >= 0.6 is 0 Å². The normalized spacial score (nSPS) is 12.3. The summed E-state index contributed by atoms with van der Waals surface area (Å²) in [5.74, 6) is -0.208. The Hall–Kier alpha value is -2.46. The van der Waals surface area contributed by atoms with Crippen LogP contribution in [-0.4, -0.2) is 12.1 Å². The van der Waals surface area contributed by atoms with Crippen LogP contribution in [0.2, 0.25) is 0 Å². The van der Waals surface area contributed by atoms with Crippen LogP contribution in [-0.2, 0) is 0 Å². The zero-order valence-electron chi connectivity index (χ0n) is 11.6. The van der Waals surface area contributed by atoms with Crippen LogP contribution in [0.4, 0.5) is 4.39 Å². The van der Waals surface area contributed by atoms with E-state index in [1.807, 2.05) is 30.3 Å². The molecule has 0 aliphatic rings. The summed E-state index contributed by atoms with van der Waals surface area (Å²) in [6, 6.07) is 14.0. The van der Waals surface area contributed by atoms with Crippen molar-refractivity contribution < 1.29 is 9.13 Å². The highest BCUT2D eigenvalue weighted by Gasteiger charge is 2.15. The van der Waals surface area contributed by atoms with Crippen LogP contribution in [0.1, 0.15) is 17.2 Å². The first-order chi connectivity index (χ1) is 10.2. The summed E-state index contributed by atoms with van der Waals surface area (Å²) in [6.45, 7) is 0. The van der Waals surface area contributed by atoms with Gasteiger partial charge in [-0.3, -0.25) is 4.98 Å². The lowest BCUT2D eigenvalue weighted by Crippen LogP contribution is -2.13. The van der Waals surface area contributed by atoms with E-state index in [4.69, 9.17) is 10.5 Å². The molecule has 3 rings (SSSR count). The maximum Gasteiger partial charge on any atom is 0.165 e. The molecule has 1 unspecified atom stereocenters. The van der Waals surface area contributed by atoms with Crippen molar-refractivity contribution in [3.8, 4) is 5.75 Å². The second kappa shape index (κ2) is 5.50. The van der Waals surface area contributed by atoms with Gasteiger partial charge in [-0.1, -0.05) is 30.3 Å². The number of nitrogens with zero attached hydrogens (tertiary/aromatic N) is 1. The highest BCUT2D eigenvalue weighted by molar-refractivity contribution is 5.82. The van der Waals surface area contributed by atoms with Crippen LogP contribution in [0, 0.1) is 5.82 Å². The van der Waals surface area contributed by atoms with E-state index < -0.39 is 11.9 Å². The number of halogens is 1. The van der Waals surface area contributed by atoms with Gasteiger partial charge in [-0.25, -0.2) is 4.39 Å². The minimum atomic E-state index is -0.441. The maximum atomic E-state index is 13.8. The predicted octanol–water partition coefficient (Wildman–Crippen LogP) is 3.43. The first-order valence-corrected chi connectivity index (χ1v) is 6.63. The summed E-state index contributed by atoms with van der Waals surface area (Å²) in [7, 11) is 1.44. The van der Waals surface area contributed by atoms with Crippen molar-refractivity contribution in [1.82, 2.24) is 4.98 Å². The SMILES string of the molecule is COc1ccc(C(N)c2cccc3cccnc23)cc1F. The molecule has 3 aromatic rings. The Bertz CT molecular complexity index is 783. The van der Waals surface area contributed by atoms with Gasteiger partial charge >= 0.3 is 0 Å². The lowest BCUT2D eigenvalue weighted by molar-refractivity contribution is 0.386. The van der Waals surface area contributed by atoms with E-state index in [0.29, 0.717) is 5.56 Å². The van der Waals surface area contributed by atoms with Gasteiger partial charge in [0.05, 0.1) is 18.7 Å². The van der Waals surface area contributed by atoms with Gasteiger partial charge in [-0.05, 0) is 29.3 Å². The minimum absolute atomic E-state index is 0.210. The fraction of sp³-hybridized carbons (Fsp3) is 0.118. The molecule has 106 valence electrons. The van der Waals surface area contributed by atoms with Gasteiger partial charge in [0.1, 0.15) is 0 Å². The van der Waals surface area contributed by atoms with Gasteiger partial charge in [0.25, 0.3) is 0 Å². The van der Waals surface area contributed by atoms with Gasteiger partial charge in [-0.2, -0.15) is 0 Å². The first-order valence-electron chi connectivity index (χ1n) is 6.63. The van der Waals surface area contributed by atoms with Crippen LogP contribution in [0.5, 0.6) is 5.75 Å². The van der Waals surface area contributed by atoms with Crippen molar-refractivity contribution >= 4 is 10.9 Å². The molecular formula is C17H15FN2O. The third-order valence-corrected chi connectivity index (χ3v) is 3.53. The van der Waals surface area contributed by atoms with Gasteiger partial charge in [0.2, 0.25) is 0 Å². The summed E-state index contributed by atoms with van der Waals surface area (Å²) < 4.78 is 18.8. The molecule has 4 heteroatoms. The standard InChI is InChI=1S/C17H15FN2O/c1-21-15-8-7-12(10-14(15)18)16(19)13-6-2-4-11-5-3-9-20-17(11)13/h2-10,16H,19H2,1H3. The number of aromatic nitrogens is 1. The summed E-state index contributed by atoms with van der Waals surface area (Å²) in [4.78, 5) is 4.39. The molecule has 0 aliphatic carbocycles. The molecule has 1 aromatic heterocycles. The number of ether oxygens (including phenoxy) is 1. The first kappa shape index (κ1) is 13.5. The molecule has 1 heterocycles. The average molecular weight is 282 g/mol. The topological polar surface area (TPSA) is 48.1 Å². The Balaban J connectivity index is 2.08. The molecular weight excluding hydrogens is 267 g/mol. The van der Waals surface area contributed by atoms with Crippen LogP contribution in [0.15, 0.2) is 54.7 Å². The lowest BCUT2D eigenvalue weighted by atomic mass is 9.97. The molecule has 0 radical (unpaired) electrons. The van der Waals surface area contributed by atoms with E-state index in [1.54, 1.807) is 18.3 Å². The Kier molecular flexibility index (Phi) is 3.54. The monoisotopic (exact) mass is 282 g/mol. The zero-order chi connectivity index (χ0) is 14.8. The Morgan fingerprint density at radius 2 is 1.95 bits per heavy atom. The van der Waals surface area contributed by atoms with Crippen LogP contribution < -0.4 is 10.5 Å². The number of para-hydroxylation sites is 1. The number of nitrogens with two attached hydrogens (primary N) is 1. The molecule has 3 nitrogen and oxygen atoms in total. The fourth-order valence-electron chi connectivity index (χ4n) is 2.43. The lowest BCUT2D eigenvalue weighted by Gasteiger charge is -2.15. The summed E-state index contributed by atoms with van der Waals surface area (Å²) in [5.41, 5.74) is 8.69. The highest BCUT2D eigenvalue weighted by Crippen LogP contribution is 2.28.